The molecule has 0 aromatic heterocycles. The molecule has 0 spiro atoms. The summed E-state index contributed by atoms with van der Waals surface area (Å²) in [7, 11) is 0. The van der Waals surface area contributed by atoms with Crippen molar-refractivity contribution in [2.75, 3.05) is 0 Å². The molecule has 5 rings (SSSR count). The first-order valence-electron chi connectivity index (χ1n) is 10.3. The van der Waals surface area contributed by atoms with Crippen molar-refractivity contribution >= 4 is 45.8 Å². The number of fused-ring (bicyclic) bond motifs is 2. The van der Waals surface area contributed by atoms with E-state index in [4.69, 9.17) is 0 Å². The Labute approximate surface area is 177 Å². The zero-order valence-corrected chi connectivity index (χ0v) is 16.7. The fraction of sp³-hybridized carbons (Fsp3) is 0. The largest absolute Gasteiger partial charge is 0.0622 e. The van der Waals surface area contributed by atoms with E-state index in [1.165, 1.54) is 43.8 Å². The van der Waals surface area contributed by atoms with Crippen LogP contribution in [0.4, 0.5) is 0 Å². The first kappa shape index (κ1) is 18.1. The highest BCUT2D eigenvalue weighted by Gasteiger charge is 2.04. The molecule has 0 saturated carbocycles. The maximum Gasteiger partial charge on any atom is -0.00992 e. The monoisotopic (exact) mass is 382 g/mol. The summed E-state index contributed by atoms with van der Waals surface area (Å²) in [5.74, 6) is 0. The molecule has 5 aromatic carbocycles. The highest BCUT2D eigenvalue weighted by atomic mass is 14.1. The van der Waals surface area contributed by atoms with E-state index in [2.05, 4.69) is 127 Å². The zero-order chi connectivity index (χ0) is 20.2. The fourth-order valence-corrected chi connectivity index (χ4v) is 3.93. The van der Waals surface area contributed by atoms with E-state index in [1.54, 1.807) is 0 Å². The van der Waals surface area contributed by atoms with Crippen LogP contribution in [0.1, 0.15) is 22.3 Å². The molecule has 0 bridgehead atoms. The van der Waals surface area contributed by atoms with E-state index in [0.29, 0.717) is 0 Å². The van der Waals surface area contributed by atoms with Crippen LogP contribution in [-0.4, -0.2) is 0 Å². The quantitative estimate of drug-likeness (QED) is 0.216. The molecule has 5 aromatic rings. The Morgan fingerprint density at radius 2 is 0.867 bits per heavy atom. The molecule has 0 nitrogen and oxygen atoms in total. The van der Waals surface area contributed by atoms with E-state index in [9.17, 15) is 0 Å². The average molecular weight is 383 g/mol. The Hall–Kier alpha value is -3.90. The van der Waals surface area contributed by atoms with Gasteiger partial charge < -0.3 is 0 Å². The van der Waals surface area contributed by atoms with Crippen molar-refractivity contribution in [3.8, 4) is 0 Å². The summed E-state index contributed by atoms with van der Waals surface area (Å²) < 4.78 is 0. The molecule has 0 heterocycles. The molecular formula is C30H22. The Kier molecular flexibility index (Phi) is 4.98. The zero-order valence-electron chi connectivity index (χ0n) is 16.7. The summed E-state index contributed by atoms with van der Waals surface area (Å²) in [6, 6.07) is 38.5. The number of hydrogen-bond acceptors (Lipinski definition) is 0. The minimum absolute atomic E-state index is 1.20. The highest BCUT2D eigenvalue weighted by Crippen LogP contribution is 2.30. The molecule has 0 amide bonds. The molecule has 0 aliphatic carbocycles. The van der Waals surface area contributed by atoms with Crippen molar-refractivity contribution in [3.63, 3.8) is 0 Å². The smallest absolute Gasteiger partial charge is 0.00992 e. The standard InChI is InChI=1S/C30H22/c1-2-9-23(10-3-1)17-18-24-11-8-12-25(21-24)19-20-30-28-15-6-4-13-26(28)22-27-14-5-7-16-29(27)30/h1-22H/b18-17+,20-19+. The lowest BCUT2D eigenvalue weighted by Gasteiger charge is -2.08. The molecule has 0 N–H and O–H groups in total. The van der Waals surface area contributed by atoms with Gasteiger partial charge in [-0.2, -0.15) is 0 Å². The van der Waals surface area contributed by atoms with Gasteiger partial charge in [-0.3, -0.25) is 0 Å². The van der Waals surface area contributed by atoms with Crippen LogP contribution < -0.4 is 0 Å². The van der Waals surface area contributed by atoms with Crippen LogP contribution in [-0.2, 0) is 0 Å². The van der Waals surface area contributed by atoms with Crippen LogP contribution in [0.3, 0.4) is 0 Å². The van der Waals surface area contributed by atoms with Gasteiger partial charge in [0.1, 0.15) is 0 Å². The molecule has 0 aliphatic heterocycles. The van der Waals surface area contributed by atoms with Gasteiger partial charge in [0.2, 0.25) is 0 Å². The van der Waals surface area contributed by atoms with Crippen molar-refractivity contribution in [2.24, 2.45) is 0 Å². The summed E-state index contributed by atoms with van der Waals surface area (Å²) in [4.78, 5) is 0. The van der Waals surface area contributed by atoms with Gasteiger partial charge in [-0.1, -0.05) is 121 Å². The lowest BCUT2D eigenvalue weighted by molar-refractivity contribution is 1.62. The van der Waals surface area contributed by atoms with Crippen molar-refractivity contribution < 1.29 is 0 Å². The molecule has 30 heavy (non-hydrogen) atoms. The summed E-state index contributed by atoms with van der Waals surface area (Å²) in [5.41, 5.74) is 4.88. The summed E-state index contributed by atoms with van der Waals surface area (Å²) in [6.07, 6.45) is 8.79. The lowest BCUT2D eigenvalue weighted by Crippen LogP contribution is -1.83. The first-order chi connectivity index (χ1) is 14.9. The van der Waals surface area contributed by atoms with Crippen LogP contribution >= 0.6 is 0 Å². The molecule has 142 valence electrons. The average Bonchev–Trinajstić information content (AvgIpc) is 2.81. The predicted molar refractivity (Wildman–Crippen MR) is 132 cm³/mol. The van der Waals surface area contributed by atoms with E-state index >= 15 is 0 Å². The maximum atomic E-state index is 2.27. The highest BCUT2D eigenvalue weighted by molar-refractivity contribution is 6.07. The number of hydrogen-bond donors (Lipinski definition) is 0. The van der Waals surface area contributed by atoms with Gasteiger partial charge in [0.25, 0.3) is 0 Å². The summed E-state index contributed by atoms with van der Waals surface area (Å²) in [5, 5.41) is 5.12. The van der Waals surface area contributed by atoms with Gasteiger partial charge >= 0.3 is 0 Å². The topological polar surface area (TPSA) is 0 Å². The van der Waals surface area contributed by atoms with Crippen molar-refractivity contribution in [3.05, 3.63) is 131 Å². The molecule has 0 radical (unpaired) electrons. The molecule has 0 aliphatic rings. The number of benzene rings is 5. The molecule has 0 atom stereocenters. The third kappa shape index (κ3) is 3.81. The Bertz CT molecular complexity index is 1320. The molecule has 0 saturated heterocycles. The van der Waals surface area contributed by atoms with Gasteiger partial charge in [-0.05, 0) is 55.9 Å². The van der Waals surface area contributed by atoms with E-state index in [1.807, 2.05) is 6.07 Å². The van der Waals surface area contributed by atoms with Crippen molar-refractivity contribution in [1.82, 2.24) is 0 Å². The second kappa shape index (κ2) is 8.23. The third-order valence-electron chi connectivity index (χ3n) is 5.43. The summed E-state index contributed by atoms with van der Waals surface area (Å²) in [6.45, 7) is 0. The third-order valence-corrected chi connectivity index (χ3v) is 5.43. The van der Waals surface area contributed by atoms with Crippen LogP contribution in [0.2, 0.25) is 0 Å². The predicted octanol–water partition coefficient (Wildman–Crippen LogP) is 8.33. The summed E-state index contributed by atoms with van der Waals surface area (Å²) >= 11 is 0. The van der Waals surface area contributed by atoms with Crippen LogP contribution in [0.15, 0.2) is 109 Å². The molecule has 0 heteroatoms. The van der Waals surface area contributed by atoms with Gasteiger partial charge in [0, 0.05) is 0 Å². The molecule has 0 unspecified atom stereocenters. The van der Waals surface area contributed by atoms with Crippen LogP contribution in [0.25, 0.3) is 45.8 Å². The minimum atomic E-state index is 1.20. The van der Waals surface area contributed by atoms with E-state index in [0.717, 1.165) is 0 Å². The van der Waals surface area contributed by atoms with E-state index in [-0.39, 0.29) is 0 Å². The normalized spacial score (nSPS) is 11.7. The first-order valence-corrected chi connectivity index (χ1v) is 10.3. The fourth-order valence-electron chi connectivity index (χ4n) is 3.93. The second-order valence-electron chi connectivity index (χ2n) is 7.48. The maximum absolute atomic E-state index is 2.27. The van der Waals surface area contributed by atoms with Gasteiger partial charge in [-0.15, -0.1) is 0 Å². The van der Waals surface area contributed by atoms with Gasteiger partial charge in [0.05, 0.1) is 0 Å². The molecule has 0 fully saturated rings. The van der Waals surface area contributed by atoms with Crippen molar-refractivity contribution in [1.29, 1.82) is 0 Å². The van der Waals surface area contributed by atoms with E-state index < -0.39 is 0 Å². The molecular weight excluding hydrogens is 360 g/mol. The SMILES string of the molecule is C(=C\c1cccc(/C=C/c2c3ccccc3cc3ccccc23)c1)/c1ccccc1. The lowest BCUT2D eigenvalue weighted by atomic mass is 9.96. The Morgan fingerprint density at radius 3 is 1.53 bits per heavy atom. The van der Waals surface area contributed by atoms with Crippen LogP contribution in [0, 0.1) is 0 Å². The van der Waals surface area contributed by atoms with Crippen LogP contribution in [0.5, 0.6) is 0 Å². The second-order valence-corrected chi connectivity index (χ2v) is 7.48. The Morgan fingerprint density at radius 1 is 0.367 bits per heavy atom. The Balaban J connectivity index is 1.52. The van der Waals surface area contributed by atoms with Gasteiger partial charge in [0.15, 0.2) is 0 Å². The van der Waals surface area contributed by atoms with Gasteiger partial charge in [-0.25, -0.2) is 0 Å². The minimum Gasteiger partial charge on any atom is -0.0622 e. The van der Waals surface area contributed by atoms with Crippen molar-refractivity contribution in [2.45, 2.75) is 0 Å². The number of rotatable bonds is 4.